The first kappa shape index (κ1) is 8.80. The third-order valence-corrected chi connectivity index (χ3v) is 1.96. The predicted octanol–water partition coefficient (Wildman–Crippen LogP) is 1.24. The molecule has 0 unspecified atom stereocenters. The van der Waals surface area contributed by atoms with Gasteiger partial charge >= 0.3 is 5.97 Å². The number of ether oxygens (including phenoxy) is 1. The number of carbonyl (C=O) groups is 1. The fourth-order valence-electron chi connectivity index (χ4n) is 0.203. The van der Waals surface area contributed by atoms with Gasteiger partial charge in [0.2, 0.25) is 0 Å². The van der Waals surface area contributed by atoms with Gasteiger partial charge in [-0.1, -0.05) is 0 Å². The summed E-state index contributed by atoms with van der Waals surface area (Å²) in [6, 6.07) is 0. The zero-order chi connectivity index (χ0) is 7.28. The molecule has 0 saturated heterocycles. The summed E-state index contributed by atoms with van der Waals surface area (Å²) in [5.74, 6) is -0.355. The van der Waals surface area contributed by atoms with Crippen molar-refractivity contribution in [3.05, 3.63) is 0 Å². The number of nitrogens with zero attached hydrogens (tertiary/aromatic N) is 1. The zero-order valence-electron chi connectivity index (χ0n) is 5.35. The smallest absolute Gasteiger partial charge is 0.327 e. The molecule has 9 heavy (non-hydrogen) atoms. The van der Waals surface area contributed by atoms with Crippen LogP contribution in [0.25, 0.3) is 0 Å². The Hall–Kier alpha value is -0.200. The minimum absolute atomic E-state index is 0.0569. The molecule has 0 bridgehead atoms. The van der Waals surface area contributed by atoms with Crippen molar-refractivity contribution in [2.45, 2.75) is 0 Å². The van der Waals surface area contributed by atoms with Gasteiger partial charge in [0.1, 0.15) is 6.54 Å². The number of rotatable bonds is 2. The summed E-state index contributed by atoms with van der Waals surface area (Å²) in [4.78, 5) is 12.1. The maximum atomic E-state index is 10.3. The van der Waals surface area contributed by atoms with Crippen LogP contribution < -0.4 is 0 Å². The highest BCUT2D eigenvalue weighted by Gasteiger charge is 1.93. The lowest BCUT2D eigenvalue weighted by Crippen LogP contribution is -2.02. The van der Waals surface area contributed by atoms with Crippen molar-refractivity contribution in [2.24, 2.45) is 3.15 Å². The first-order valence-electron chi connectivity index (χ1n) is 2.22. The van der Waals surface area contributed by atoms with Gasteiger partial charge < -0.3 is 4.74 Å². The molecule has 0 aromatic carbocycles. The van der Waals surface area contributed by atoms with E-state index in [1.54, 1.807) is 4.93 Å². The fraction of sp³-hybridized carbons (Fsp3) is 0.750. The Morgan fingerprint density at radius 1 is 1.89 bits per heavy atom. The second-order valence-corrected chi connectivity index (χ2v) is 4.50. The lowest BCUT2D eigenvalue weighted by atomic mass is 10.7. The molecule has 0 aromatic rings. The lowest BCUT2D eigenvalue weighted by Gasteiger charge is -1.89. The Bertz CT molecular complexity index is 171. The van der Waals surface area contributed by atoms with E-state index >= 15 is 0 Å². The average Bonchev–Trinajstić information content (AvgIpc) is 1.83. The number of alkyl halides is 1. The Balaban J connectivity index is 3.64. The van der Waals surface area contributed by atoms with E-state index in [2.05, 4.69) is 7.88 Å². The van der Waals surface area contributed by atoms with Crippen LogP contribution in [-0.2, 0) is 9.53 Å². The van der Waals surface area contributed by atoms with E-state index in [1.165, 1.54) is 7.11 Å². The molecule has 0 spiro atoms. The van der Waals surface area contributed by atoms with Crippen molar-refractivity contribution in [3.8, 4) is 0 Å². The SMILES string of the molecule is COC(=O)CN=I(C)=N. The standard InChI is InChI=1S/C4H9IN2O2/c1-5(6)7-3-4(8)9-2/h6H,3H2,1-2H3. The van der Waals surface area contributed by atoms with Crippen molar-refractivity contribution >= 4 is 25.4 Å². The third kappa shape index (κ3) is 5.67. The van der Waals surface area contributed by atoms with E-state index < -0.39 is 19.5 Å². The summed E-state index contributed by atoms with van der Waals surface area (Å²) in [6.45, 7) is 0.0569. The topological polar surface area (TPSA) is 62.5 Å². The lowest BCUT2D eigenvalue weighted by molar-refractivity contribution is -0.138. The first-order chi connectivity index (χ1) is 4.16. The van der Waals surface area contributed by atoms with Gasteiger partial charge in [0.05, 0.1) is 7.11 Å². The van der Waals surface area contributed by atoms with Crippen molar-refractivity contribution in [3.63, 3.8) is 0 Å². The van der Waals surface area contributed by atoms with Gasteiger partial charge in [-0.25, -0.2) is 3.15 Å². The Morgan fingerprint density at radius 3 is 2.78 bits per heavy atom. The Kier molecular flexibility index (Phi) is 4.55. The van der Waals surface area contributed by atoms with E-state index in [4.69, 9.17) is 3.56 Å². The van der Waals surface area contributed by atoms with Crippen LogP contribution in [-0.4, -0.2) is 24.6 Å². The largest absolute Gasteiger partial charge is 0.468 e. The number of hydrogen-bond donors (Lipinski definition) is 1. The number of methoxy groups -OCH3 is 1. The van der Waals surface area contributed by atoms with Crippen molar-refractivity contribution in [2.75, 3.05) is 18.6 Å². The molecule has 1 N–H and O–H groups in total. The molecule has 0 rings (SSSR count). The maximum absolute atomic E-state index is 10.3. The fourth-order valence-corrected chi connectivity index (χ4v) is 0.993. The average molecular weight is 244 g/mol. The van der Waals surface area contributed by atoms with Crippen molar-refractivity contribution in [1.29, 1.82) is 3.56 Å². The van der Waals surface area contributed by atoms with E-state index in [0.29, 0.717) is 0 Å². The molecule has 54 valence electrons. The summed E-state index contributed by atoms with van der Waals surface area (Å²) in [5, 5.41) is 0. The molecular weight excluding hydrogens is 235 g/mol. The van der Waals surface area contributed by atoms with Crippen LogP contribution in [0.1, 0.15) is 0 Å². The summed E-state index contributed by atoms with van der Waals surface area (Å²) in [5.41, 5.74) is 0. The molecule has 0 radical (unpaired) electrons. The molecule has 0 aliphatic carbocycles. The summed E-state index contributed by atoms with van der Waals surface area (Å²) in [6.07, 6.45) is 0. The molecule has 0 saturated carbocycles. The molecular formula is C4H9IN2O2. The van der Waals surface area contributed by atoms with Crippen molar-refractivity contribution < 1.29 is 9.53 Å². The normalized spacial score (nSPS) is 13.1. The van der Waals surface area contributed by atoms with E-state index in [0.717, 1.165) is 0 Å². The summed E-state index contributed by atoms with van der Waals surface area (Å²) < 4.78 is 15.1. The molecule has 5 heteroatoms. The first-order valence-corrected chi connectivity index (χ1v) is 6.42. The van der Waals surface area contributed by atoms with Crippen LogP contribution in [0.5, 0.6) is 0 Å². The predicted molar refractivity (Wildman–Crippen MR) is 42.0 cm³/mol. The molecule has 0 atom stereocenters. The van der Waals surface area contributed by atoms with E-state index in [9.17, 15) is 4.79 Å². The minimum atomic E-state index is -1.81. The second-order valence-electron chi connectivity index (χ2n) is 1.30. The van der Waals surface area contributed by atoms with Crippen LogP contribution in [0.15, 0.2) is 3.15 Å². The van der Waals surface area contributed by atoms with Gasteiger partial charge in [-0.2, -0.15) is 0 Å². The number of hydrogen-bond acceptors (Lipinski definition) is 4. The van der Waals surface area contributed by atoms with Crippen LogP contribution >= 0.6 is 19.5 Å². The van der Waals surface area contributed by atoms with Crippen molar-refractivity contribution in [1.82, 2.24) is 0 Å². The minimum Gasteiger partial charge on any atom is -0.468 e. The summed E-state index contributed by atoms with van der Waals surface area (Å²) in [7, 11) is 1.32. The van der Waals surface area contributed by atoms with E-state index in [-0.39, 0.29) is 12.5 Å². The van der Waals surface area contributed by atoms with Gasteiger partial charge in [-0.15, -0.1) is 0 Å². The molecule has 0 aliphatic rings. The van der Waals surface area contributed by atoms with Gasteiger partial charge in [-0.05, 0) is 0 Å². The van der Waals surface area contributed by atoms with Gasteiger partial charge in [-0.3, -0.25) is 8.36 Å². The van der Waals surface area contributed by atoms with E-state index in [1.807, 2.05) is 0 Å². The number of carbonyl (C=O) groups excluding carboxylic acids is 1. The van der Waals surface area contributed by atoms with Crippen LogP contribution in [0.3, 0.4) is 0 Å². The maximum Gasteiger partial charge on any atom is 0.327 e. The molecule has 0 fully saturated rings. The number of halogens is 1. The van der Waals surface area contributed by atoms with Gasteiger partial charge in [0, 0.05) is 24.4 Å². The van der Waals surface area contributed by atoms with Crippen LogP contribution in [0.4, 0.5) is 0 Å². The number of esters is 1. The molecule has 0 aromatic heterocycles. The highest BCUT2D eigenvalue weighted by molar-refractivity contribution is 14.2. The quantitative estimate of drug-likeness (QED) is 0.451. The Labute approximate surface area is 60.6 Å². The highest BCUT2D eigenvalue weighted by atomic mass is 127. The second kappa shape index (κ2) is 4.66. The number of nitrogens with one attached hydrogen (secondary N) is 1. The molecule has 4 nitrogen and oxygen atoms in total. The monoisotopic (exact) mass is 244 g/mol. The molecule has 0 aliphatic heterocycles. The third-order valence-electron chi connectivity index (χ3n) is 0.596. The summed E-state index contributed by atoms with van der Waals surface area (Å²) >= 11 is -1.81. The Morgan fingerprint density at radius 2 is 2.44 bits per heavy atom. The molecule has 0 amide bonds. The van der Waals surface area contributed by atoms with Gasteiger partial charge in [0.25, 0.3) is 0 Å². The van der Waals surface area contributed by atoms with Crippen LogP contribution in [0.2, 0.25) is 0 Å². The highest BCUT2D eigenvalue weighted by Crippen LogP contribution is 2.02. The van der Waals surface area contributed by atoms with Gasteiger partial charge in [0.15, 0.2) is 0 Å². The molecule has 0 heterocycles. The zero-order valence-corrected chi connectivity index (χ0v) is 7.51. The van der Waals surface area contributed by atoms with Crippen LogP contribution in [0, 0.1) is 3.56 Å².